The fraction of sp³-hybridized carbons (Fsp3) is 0.571. The first kappa shape index (κ1) is 12.8. The van der Waals surface area contributed by atoms with E-state index in [0.29, 0.717) is 17.9 Å². The zero-order valence-electron chi connectivity index (χ0n) is 10.3. The van der Waals surface area contributed by atoms with E-state index in [0.717, 1.165) is 19.4 Å². The van der Waals surface area contributed by atoms with Gasteiger partial charge in [0.2, 0.25) is 0 Å². The predicted molar refractivity (Wildman–Crippen MR) is 70.0 cm³/mol. The van der Waals surface area contributed by atoms with E-state index in [2.05, 4.69) is 19.2 Å². The number of rotatable bonds is 4. The van der Waals surface area contributed by atoms with Gasteiger partial charge in [-0.2, -0.15) is 0 Å². The third-order valence-electron chi connectivity index (χ3n) is 3.85. The lowest BCUT2D eigenvalue weighted by molar-refractivity contribution is 0.163. The maximum Gasteiger partial charge on any atom is 0.141 e. The lowest BCUT2D eigenvalue weighted by atomic mass is 9.65. The van der Waals surface area contributed by atoms with Crippen molar-refractivity contribution in [3.05, 3.63) is 34.6 Å². The lowest BCUT2D eigenvalue weighted by Crippen LogP contribution is -2.48. The van der Waals surface area contributed by atoms with Gasteiger partial charge in [0.05, 0.1) is 5.02 Å². The Morgan fingerprint density at radius 3 is 2.76 bits per heavy atom. The van der Waals surface area contributed by atoms with Crippen LogP contribution in [0.1, 0.15) is 38.2 Å². The molecule has 1 fully saturated rings. The Labute approximate surface area is 107 Å². The molecule has 1 aromatic rings. The average molecular weight is 256 g/mol. The summed E-state index contributed by atoms with van der Waals surface area (Å²) in [6.07, 6.45) is 2.28. The van der Waals surface area contributed by atoms with Crippen molar-refractivity contribution in [1.29, 1.82) is 0 Å². The summed E-state index contributed by atoms with van der Waals surface area (Å²) >= 11 is 5.84. The molecule has 0 bridgehead atoms. The van der Waals surface area contributed by atoms with Crippen LogP contribution in [0, 0.1) is 11.7 Å². The smallest absolute Gasteiger partial charge is 0.141 e. The molecule has 0 aromatic heterocycles. The van der Waals surface area contributed by atoms with Crippen LogP contribution in [-0.2, 0) is 0 Å². The predicted octanol–water partition coefficient (Wildman–Crippen LogP) is 3.97. The Morgan fingerprint density at radius 2 is 2.18 bits per heavy atom. The van der Waals surface area contributed by atoms with Gasteiger partial charge in [-0.05, 0) is 42.5 Å². The van der Waals surface area contributed by atoms with Crippen molar-refractivity contribution >= 4 is 11.6 Å². The maximum atomic E-state index is 13.1. The van der Waals surface area contributed by atoms with Gasteiger partial charge in [-0.15, -0.1) is 0 Å². The minimum absolute atomic E-state index is 0.240. The van der Waals surface area contributed by atoms with E-state index < -0.39 is 0 Å². The van der Waals surface area contributed by atoms with Crippen molar-refractivity contribution in [2.45, 2.75) is 38.6 Å². The van der Waals surface area contributed by atoms with Gasteiger partial charge in [0.1, 0.15) is 5.82 Å². The van der Waals surface area contributed by atoms with Gasteiger partial charge in [0.15, 0.2) is 0 Å². The SMILES string of the molecule is CCNC1CC(c2ccc(F)c(Cl)c2)C1CC. The second-order valence-electron chi connectivity index (χ2n) is 4.75. The zero-order chi connectivity index (χ0) is 12.4. The third-order valence-corrected chi connectivity index (χ3v) is 4.14. The Hall–Kier alpha value is -0.600. The van der Waals surface area contributed by atoms with Gasteiger partial charge >= 0.3 is 0 Å². The topological polar surface area (TPSA) is 12.0 Å². The van der Waals surface area contributed by atoms with E-state index in [1.165, 1.54) is 11.6 Å². The number of benzene rings is 1. The van der Waals surface area contributed by atoms with Crippen LogP contribution in [0.5, 0.6) is 0 Å². The van der Waals surface area contributed by atoms with Crippen LogP contribution < -0.4 is 5.32 Å². The maximum absolute atomic E-state index is 13.1. The number of hydrogen-bond acceptors (Lipinski definition) is 1. The minimum Gasteiger partial charge on any atom is -0.314 e. The van der Waals surface area contributed by atoms with Gasteiger partial charge < -0.3 is 5.32 Å². The second kappa shape index (κ2) is 5.36. The second-order valence-corrected chi connectivity index (χ2v) is 5.16. The van der Waals surface area contributed by atoms with Crippen molar-refractivity contribution in [1.82, 2.24) is 5.32 Å². The quantitative estimate of drug-likeness (QED) is 0.859. The fourth-order valence-electron chi connectivity index (χ4n) is 2.90. The molecule has 94 valence electrons. The molecule has 0 spiro atoms. The van der Waals surface area contributed by atoms with Crippen molar-refractivity contribution in [3.63, 3.8) is 0 Å². The molecule has 0 radical (unpaired) electrons. The van der Waals surface area contributed by atoms with Crippen LogP contribution in [0.4, 0.5) is 4.39 Å². The summed E-state index contributed by atoms with van der Waals surface area (Å²) in [6.45, 7) is 5.36. The average Bonchev–Trinajstić information content (AvgIpc) is 2.28. The van der Waals surface area contributed by atoms with Crippen molar-refractivity contribution in [2.75, 3.05) is 6.54 Å². The first-order valence-corrected chi connectivity index (χ1v) is 6.73. The van der Waals surface area contributed by atoms with E-state index >= 15 is 0 Å². The molecular weight excluding hydrogens is 237 g/mol. The molecule has 1 saturated carbocycles. The van der Waals surface area contributed by atoms with Crippen molar-refractivity contribution in [2.24, 2.45) is 5.92 Å². The normalized spacial score (nSPS) is 27.9. The van der Waals surface area contributed by atoms with Crippen LogP contribution >= 0.6 is 11.6 Å². The van der Waals surface area contributed by atoms with Gasteiger partial charge in [-0.25, -0.2) is 4.39 Å². The molecule has 3 unspecified atom stereocenters. The van der Waals surface area contributed by atoms with E-state index in [-0.39, 0.29) is 10.8 Å². The van der Waals surface area contributed by atoms with E-state index in [1.807, 2.05) is 6.07 Å². The summed E-state index contributed by atoms with van der Waals surface area (Å²) < 4.78 is 13.1. The van der Waals surface area contributed by atoms with Crippen LogP contribution in [-0.4, -0.2) is 12.6 Å². The van der Waals surface area contributed by atoms with Crippen molar-refractivity contribution < 1.29 is 4.39 Å². The van der Waals surface area contributed by atoms with Gasteiger partial charge in [0, 0.05) is 6.04 Å². The summed E-state index contributed by atoms with van der Waals surface area (Å²) in [6, 6.07) is 5.74. The molecule has 3 heteroatoms. The summed E-state index contributed by atoms with van der Waals surface area (Å²) in [5.41, 5.74) is 1.18. The first-order chi connectivity index (χ1) is 8.17. The summed E-state index contributed by atoms with van der Waals surface area (Å²) in [4.78, 5) is 0. The monoisotopic (exact) mass is 255 g/mol. The largest absolute Gasteiger partial charge is 0.314 e. The molecule has 1 aliphatic carbocycles. The highest BCUT2D eigenvalue weighted by Crippen LogP contribution is 2.45. The minimum atomic E-state index is -0.328. The van der Waals surface area contributed by atoms with Crippen LogP contribution in [0.2, 0.25) is 5.02 Å². The molecule has 2 rings (SSSR count). The molecular formula is C14H19ClFN. The van der Waals surface area contributed by atoms with E-state index in [4.69, 9.17) is 11.6 Å². The first-order valence-electron chi connectivity index (χ1n) is 6.35. The molecule has 1 N–H and O–H groups in total. The summed E-state index contributed by atoms with van der Waals surface area (Å²) in [5, 5.41) is 3.74. The number of nitrogens with one attached hydrogen (secondary N) is 1. The molecule has 0 saturated heterocycles. The molecule has 1 aliphatic rings. The molecule has 1 nitrogen and oxygen atoms in total. The highest BCUT2D eigenvalue weighted by Gasteiger charge is 2.39. The summed E-state index contributed by atoms with van der Waals surface area (Å²) in [5.74, 6) is 0.852. The standard InChI is InChI=1S/C14H19ClFN/c1-3-10-11(8-14(10)17-4-2)9-5-6-13(16)12(15)7-9/h5-7,10-11,14,17H,3-4,8H2,1-2H3. The van der Waals surface area contributed by atoms with Crippen LogP contribution in [0.25, 0.3) is 0 Å². The van der Waals surface area contributed by atoms with Crippen LogP contribution in [0.3, 0.4) is 0 Å². The molecule has 0 amide bonds. The highest BCUT2D eigenvalue weighted by molar-refractivity contribution is 6.30. The number of halogens is 2. The Balaban J connectivity index is 2.10. The Kier molecular flexibility index (Phi) is 4.05. The molecule has 17 heavy (non-hydrogen) atoms. The highest BCUT2D eigenvalue weighted by atomic mass is 35.5. The molecule has 1 aromatic carbocycles. The van der Waals surface area contributed by atoms with E-state index in [9.17, 15) is 4.39 Å². The lowest BCUT2D eigenvalue weighted by Gasteiger charge is -2.45. The third kappa shape index (κ3) is 2.48. The number of hydrogen-bond donors (Lipinski definition) is 1. The molecule has 3 atom stereocenters. The van der Waals surface area contributed by atoms with Crippen molar-refractivity contribution in [3.8, 4) is 0 Å². The summed E-state index contributed by atoms with van der Waals surface area (Å²) in [7, 11) is 0. The van der Waals surface area contributed by atoms with Crippen LogP contribution in [0.15, 0.2) is 18.2 Å². The Bertz CT molecular complexity index is 394. The van der Waals surface area contributed by atoms with Gasteiger partial charge in [-0.1, -0.05) is 37.9 Å². The fourth-order valence-corrected chi connectivity index (χ4v) is 3.09. The molecule has 0 heterocycles. The van der Waals surface area contributed by atoms with E-state index in [1.54, 1.807) is 6.07 Å². The Morgan fingerprint density at radius 1 is 1.41 bits per heavy atom. The zero-order valence-corrected chi connectivity index (χ0v) is 11.1. The van der Waals surface area contributed by atoms with Gasteiger partial charge in [0.25, 0.3) is 0 Å². The van der Waals surface area contributed by atoms with Gasteiger partial charge in [-0.3, -0.25) is 0 Å². The molecule has 0 aliphatic heterocycles.